The van der Waals surface area contributed by atoms with E-state index >= 15 is 0 Å². The number of nitrogens with two attached hydrogens (primary N) is 1. The number of carbonyl (C=O) groups is 1. The van der Waals surface area contributed by atoms with E-state index in [1.165, 1.54) is 0 Å². The molecule has 1 aromatic heterocycles. The normalized spacial score (nSPS) is 23.0. The molecule has 0 saturated carbocycles. The van der Waals surface area contributed by atoms with Crippen LogP contribution in [0.25, 0.3) is 0 Å². The number of aromatic amines is 1. The molecule has 2 atom stereocenters. The Labute approximate surface area is 99.9 Å². The van der Waals surface area contributed by atoms with Crippen molar-refractivity contribution in [2.24, 2.45) is 11.7 Å². The monoisotopic (exact) mass is 235 g/mol. The van der Waals surface area contributed by atoms with E-state index < -0.39 is 0 Å². The molecular formula is C11H17N5O. The van der Waals surface area contributed by atoms with Gasteiger partial charge in [0.05, 0.1) is 12.5 Å². The minimum Gasteiger partial charge on any atom is -0.338 e. The molecule has 17 heavy (non-hydrogen) atoms. The smallest absolute Gasteiger partial charge is 0.229 e. The minimum absolute atomic E-state index is 0.00287. The van der Waals surface area contributed by atoms with Crippen LogP contribution in [0.5, 0.6) is 0 Å². The quantitative estimate of drug-likeness (QED) is 0.720. The zero-order valence-corrected chi connectivity index (χ0v) is 10.1. The first kappa shape index (κ1) is 11.8. The molecule has 0 spiro atoms. The third-order valence-corrected chi connectivity index (χ3v) is 2.83. The number of H-pyrrole nitrogens is 1. The van der Waals surface area contributed by atoms with E-state index in [9.17, 15) is 4.79 Å². The Hall–Kier alpha value is -1.69. The van der Waals surface area contributed by atoms with Crippen molar-refractivity contribution in [1.82, 2.24) is 20.1 Å². The lowest BCUT2D eigenvalue weighted by molar-refractivity contribution is -0.133. The summed E-state index contributed by atoms with van der Waals surface area (Å²) < 4.78 is 0. The van der Waals surface area contributed by atoms with Gasteiger partial charge in [-0.05, 0) is 13.3 Å². The second-order valence-corrected chi connectivity index (χ2v) is 4.42. The van der Waals surface area contributed by atoms with Gasteiger partial charge < -0.3 is 10.6 Å². The van der Waals surface area contributed by atoms with Gasteiger partial charge in [-0.3, -0.25) is 9.89 Å². The number of nitrogens with zero attached hydrogens (tertiary/aromatic N) is 3. The molecule has 0 aliphatic heterocycles. The summed E-state index contributed by atoms with van der Waals surface area (Å²) in [5.74, 6) is 1.35. The highest BCUT2D eigenvalue weighted by atomic mass is 16.2. The molecule has 0 aromatic carbocycles. The van der Waals surface area contributed by atoms with Crippen LogP contribution in [0.2, 0.25) is 0 Å². The summed E-state index contributed by atoms with van der Waals surface area (Å²) in [6.07, 6.45) is 4.45. The summed E-state index contributed by atoms with van der Waals surface area (Å²) in [7, 11) is 1.76. The van der Waals surface area contributed by atoms with Gasteiger partial charge in [0.15, 0.2) is 5.82 Å². The van der Waals surface area contributed by atoms with E-state index in [-0.39, 0.29) is 17.9 Å². The Bertz CT molecular complexity index is 439. The molecule has 0 saturated heterocycles. The molecule has 6 heteroatoms. The van der Waals surface area contributed by atoms with Gasteiger partial charge >= 0.3 is 0 Å². The molecule has 1 aliphatic carbocycles. The number of hydrogen-bond donors (Lipinski definition) is 2. The standard InChI is InChI=1S/C11H17N5O/c1-7-13-10(15-14-7)6-16(2)11(17)8-3-4-9(12)5-8/h3-4,8-9H,5-6,12H2,1-2H3,(H,13,14,15). The molecule has 2 rings (SSSR count). The molecule has 2 unspecified atom stereocenters. The largest absolute Gasteiger partial charge is 0.338 e. The van der Waals surface area contributed by atoms with Gasteiger partial charge in [0, 0.05) is 13.1 Å². The molecule has 6 nitrogen and oxygen atoms in total. The fourth-order valence-electron chi connectivity index (χ4n) is 1.94. The van der Waals surface area contributed by atoms with Gasteiger partial charge in [0.25, 0.3) is 0 Å². The van der Waals surface area contributed by atoms with Crippen LogP contribution in [-0.2, 0) is 11.3 Å². The Kier molecular flexibility index (Phi) is 3.23. The van der Waals surface area contributed by atoms with Crippen LogP contribution in [0, 0.1) is 12.8 Å². The Balaban J connectivity index is 1.94. The van der Waals surface area contributed by atoms with Crippen molar-refractivity contribution in [2.75, 3.05) is 7.05 Å². The summed E-state index contributed by atoms with van der Waals surface area (Å²) in [6.45, 7) is 2.25. The van der Waals surface area contributed by atoms with E-state index in [2.05, 4.69) is 15.2 Å². The van der Waals surface area contributed by atoms with Crippen molar-refractivity contribution < 1.29 is 4.79 Å². The Morgan fingerprint density at radius 2 is 2.41 bits per heavy atom. The van der Waals surface area contributed by atoms with Crippen molar-refractivity contribution in [3.63, 3.8) is 0 Å². The van der Waals surface area contributed by atoms with Gasteiger partial charge in [-0.1, -0.05) is 12.2 Å². The van der Waals surface area contributed by atoms with Crippen LogP contribution in [0.1, 0.15) is 18.1 Å². The summed E-state index contributed by atoms with van der Waals surface area (Å²) in [6, 6.07) is 0.00287. The number of hydrogen-bond acceptors (Lipinski definition) is 4. The first-order chi connectivity index (χ1) is 8.06. The molecule has 92 valence electrons. The maximum Gasteiger partial charge on any atom is 0.229 e. The van der Waals surface area contributed by atoms with Crippen LogP contribution < -0.4 is 5.73 Å². The van der Waals surface area contributed by atoms with Gasteiger partial charge in [-0.25, -0.2) is 4.98 Å². The molecule has 1 amide bonds. The summed E-state index contributed by atoms with van der Waals surface area (Å²) in [5.41, 5.74) is 5.73. The van der Waals surface area contributed by atoms with Crippen molar-refractivity contribution in [3.05, 3.63) is 23.8 Å². The summed E-state index contributed by atoms with van der Waals surface area (Å²) in [4.78, 5) is 17.9. The maximum absolute atomic E-state index is 12.1. The number of amides is 1. The predicted octanol–water partition coefficient (Wildman–Crippen LogP) is -0.0251. The molecular weight excluding hydrogens is 218 g/mol. The molecule has 1 aliphatic rings. The number of carbonyl (C=O) groups excluding carboxylic acids is 1. The number of nitrogens with one attached hydrogen (secondary N) is 1. The second-order valence-electron chi connectivity index (χ2n) is 4.42. The van der Waals surface area contributed by atoms with E-state index in [0.717, 1.165) is 5.82 Å². The number of aromatic nitrogens is 3. The topological polar surface area (TPSA) is 87.9 Å². The zero-order chi connectivity index (χ0) is 12.4. The van der Waals surface area contributed by atoms with Crippen molar-refractivity contribution in [3.8, 4) is 0 Å². The Morgan fingerprint density at radius 3 is 2.94 bits per heavy atom. The highest BCUT2D eigenvalue weighted by Gasteiger charge is 2.25. The Morgan fingerprint density at radius 1 is 1.65 bits per heavy atom. The average molecular weight is 235 g/mol. The molecule has 0 fully saturated rings. The number of aryl methyl sites for hydroxylation is 1. The average Bonchev–Trinajstić information content (AvgIpc) is 2.87. The molecule has 3 N–H and O–H groups in total. The van der Waals surface area contributed by atoms with Crippen molar-refractivity contribution in [1.29, 1.82) is 0 Å². The highest BCUT2D eigenvalue weighted by Crippen LogP contribution is 2.18. The maximum atomic E-state index is 12.1. The van der Waals surface area contributed by atoms with Gasteiger partial charge in [-0.2, -0.15) is 5.10 Å². The van der Waals surface area contributed by atoms with Crippen LogP contribution in [-0.4, -0.2) is 39.1 Å². The van der Waals surface area contributed by atoms with Crippen molar-refractivity contribution >= 4 is 5.91 Å². The lowest BCUT2D eigenvalue weighted by Gasteiger charge is -2.19. The van der Waals surface area contributed by atoms with Crippen LogP contribution in [0.4, 0.5) is 0 Å². The van der Waals surface area contributed by atoms with E-state index in [1.807, 2.05) is 19.1 Å². The summed E-state index contributed by atoms with van der Waals surface area (Å²) in [5, 5.41) is 6.76. The molecule has 0 radical (unpaired) electrons. The fraction of sp³-hybridized carbons (Fsp3) is 0.545. The third kappa shape index (κ3) is 2.71. The summed E-state index contributed by atoms with van der Waals surface area (Å²) >= 11 is 0. The van der Waals surface area contributed by atoms with E-state index in [4.69, 9.17) is 5.73 Å². The minimum atomic E-state index is -0.102. The van der Waals surface area contributed by atoms with Gasteiger partial charge in [0.1, 0.15) is 5.82 Å². The van der Waals surface area contributed by atoms with Crippen molar-refractivity contribution in [2.45, 2.75) is 25.9 Å². The molecule has 0 bridgehead atoms. The van der Waals surface area contributed by atoms with Crippen LogP contribution in [0.3, 0.4) is 0 Å². The third-order valence-electron chi connectivity index (χ3n) is 2.83. The van der Waals surface area contributed by atoms with E-state index in [0.29, 0.717) is 18.8 Å². The first-order valence-corrected chi connectivity index (χ1v) is 5.63. The second kappa shape index (κ2) is 4.67. The lowest BCUT2D eigenvalue weighted by atomic mass is 10.1. The van der Waals surface area contributed by atoms with E-state index in [1.54, 1.807) is 11.9 Å². The van der Waals surface area contributed by atoms with Gasteiger partial charge in [0.2, 0.25) is 5.91 Å². The highest BCUT2D eigenvalue weighted by molar-refractivity contribution is 5.80. The lowest BCUT2D eigenvalue weighted by Crippen LogP contribution is -2.32. The van der Waals surface area contributed by atoms with Gasteiger partial charge in [-0.15, -0.1) is 0 Å². The van der Waals surface area contributed by atoms with Crippen LogP contribution >= 0.6 is 0 Å². The zero-order valence-electron chi connectivity index (χ0n) is 10.1. The number of rotatable bonds is 3. The fourth-order valence-corrected chi connectivity index (χ4v) is 1.94. The molecule has 1 aromatic rings. The van der Waals surface area contributed by atoms with Crippen LogP contribution in [0.15, 0.2) is 12.2 Å². The predicted molar refractivity (Wildman–Crippen MR) is 62.8 cm³/mol. The molecule has 1 heterocycles. The SMILES string of the molecule is Cc1nc(CN(C)C(=O)C2C=CC(N)C2)n[nH]1. The first-order valence-electron chi connectivity index (χ1n) is 5.63.